The van der Waals surface area contributed by atoms with Gasteiger partial charge in [0.15, 0.2) is 0 Å². The quantitative estimate of drug-likeness (QED) is 0.792. The zero-order chi connectivity index (χ0) is 18.9. The van der Waals surface area contributed by atoms with Crippen molar-refractivity contribution >= 4 is 11.8 Å². The highest BCUT2D eigenvalue weighted by molar-refractivity contribution is 5.94. The number of amides is 2. The van der Waals surface area contributed by atoms with Crippen LogP contribution in [0.5, 0.6) is 5.75 Å². The van der Waals surface area contributed by atoms with Crippen LogP contribution in [0.15, 0.2) is 48.5 Å². The summed E-state index contributed by atoms with van der Waals surface area (Å²) in [4.78, 5) is 26.0. The second kappa shape index (κ2) is 9.61. The fraction of sp³-hybridized carbons (Fsp3) is 0.333. The van der Waals surface area contributed by atoms with Crippen LogP contribution in [0.4, 0.5) is 0 Å². The molecular formula is C21H26N2O3. The second-order valence-electron chi connectivity index (χ2n) is 6.20. The maximum absolute atomic E-state index is 12.2. The smallest absolute Gasteiger partial charge is 0.251 e. The van der Waals surface area contributed by atoms with Crippen molar-refractivity contribution in [2.45, 2.75) is 26.8 Å². The van der Waals surface area contributed by atoms with E-state index in [2.05, 4.69) is 5.32 Å². The van der Waals surface area contributed by atoms with Crippen molar-refractivity contribution in [2.24, 2.45) is 0 Å². The number of nitrogens with one attached hydrogen (secondary N) is 1. The number of nitrogens with zero attached hydrogens (tertiary/aromatic N) is 1. The molecule has 0 heterocycles. The van der Waals surface area contributed by atoms with Crippen LogP contribution in [0.3, 0.4) is 0 Å². The molecule has 0 aliphatic heterocycles. The first-order valence-electron chi connectivity index (χ1n) is 8.80. The molecule has 1 N–H and O–H groups in total. The summed E-state index contributed by atoms with van der Waals surface area (Å²) in [6, 6.07) is 15.1. The van der Waals surface area contributed by atoms with Gasteiger partial charge < -0.3 is 15.0 Å². The molecule has 5 heteroatoms. The van der Waals surface area contributed by atoms with E-state index in [4.69, 9.17) is 4.74 Å². The Morgan fingerprint density at radius 1 is 1.12 bits per heavy atom. The number of carbonyl (C=O) groups is 2. The van der Waals surface area contributed by atoms with Crippen molar-refractivity contribution in [3.05, 3.63) is 65.2 Å². The Labute approximate surface area is 155 Å². The summed E-state index contributed by atoms with van der Waals surface area (Å²) in [5.41, 5.74) is 2.68. The number of carbonyl (C=O) groups excluding carboxylic acids is 2. The highest BCUT2D eigenvalue weighted by atomic mass is 16.5. The topological polar surface area (TPSA) is 58.6 Å². The summed E-state index contributed by atoms with van der Waals surface area (Å²) < 4.78 is 5.41. The Morgan fingerprint density at radius 2 is 1.85 bits per heavy atom. The van der Waals surface area contributed by atoms with Gasteiger partial charge >= 0.3 is 0 Å². The van der Waals surface area contributed by atoms with Gasteiger partial charge in [-0.05, 0) is 43.7 Å². The molecule has 0 aliphatic carbocycles. The average molecular weight is 354 g/mol. The van der Waals surface area contributed by atoms with E-state index in [-0.39, 0.29) is 18.2 Å². The first-order chi connectivity index (χ1) is 12.5. The van der Waals surface area contributed by atoms with Crippen LogP contribution >= 0.6 is 0 Å². The SMILES string of the molecule is CCOc1ccc(CN(C)C(=O)CCNC(=O)c2cccc(C)c2)cc1. The number of hydrogen-bond acceptors (Lipinski definition) is 3. The second-order valence-corrected chi connectivity index (χ2v) is 6.20. The van der Waals surface area contributed by atoms with Gasteiger partial charge in [0.1, 0.15) is 5.75 Å². The van der Waals surface area contributed by atoms with Gasteiger partial charge in [-0.1, -0.05) is 29.8 Å². The first-order valence-corrected chi connectivity index (χ1v) is 8.80. The molecule has 0 aromatic heterocycles. The van der Waals surface area contributed by atoms with E-state index in [9.17, 15) is 9.59 Å². The van der Waals surface area contributed by atoms with Gasteiger partial charge in [0, 0.05) is 32.1 Å². The van der Waals surface area contributed by atoms with E-state index >= 15 is 0 Å². The van der Waals surface area contributed by atoms with Crippen LogP contribution in [-0.4, -0.2) is 36.9 Å². The van der Waals surface area contributed by atoms with E-state index in [1.807, 2.05) is 56.3 Å². The van der Waals surface area contributed by atoms with Gasteiger partial charge in [-0.2, -0.15) is 0 Å². The van der Waals surface area contributed by atoms with Gasteiger partial charge in [0.25, 0.3) is 5.91 Å². The molecule has 138 valence electrons. The number of rotatable bonds is 8. The van der Waals surface area contributed by atoms with Crippen LogP contribution in [0.2, 0.25) is 0 Å². The van der Waals surface area contributed by atoms with Crippen LogP contribution in [0, 0.1) is 6.92 Å². The lowest BCUT2D eigenvalue weighted by molar-refractivity contribution is -0.130. The van der Waals surface area contributed by atoms with Gasteiger partial charge in [-0.3, -0.25) is 9.59 Å². The monoisotopic (exact) mass is 354 g/mol. The number of hydrogen-bond donors (Lipinski definition) is 1. The standard InChI is InChI=1S/C21H26N2O3/c1-4-26-19-10-8-17(9-11-19)15-23(3)20(24)12-13-22-21(25)18-7-5-6-16(2)14-18/h5-11,14H,4,12-13,15H2,1-3H3,(H,22,25). The van der Waals surface area contributed by atoms with Crippen LogP contribution in [-0.2, 0) is 11.3 Å². The molecule has 0 unspecified atom stereocenters. The van der Waals surface area contributed by atoms with Crippen LogP contribution in [0.25, 0.3) is 0 Å². The third-order valence-electron chi connectivity index (χ3n) is 3.98. The Morgan fingerprint density at radius 3 is 2.50 bits per heavy atom. The van der Waals surface area contributed by atoms with E-state index in [0.29, 0.717) is 25.3 Å². The molecule has 2 rings (SSSR count). The minimum absolute atomic E-state index is 0.0107. The highest BCUT2D eigenvalue weighted by Crippen LogP contribution is 2.13. The number of aryl methyl sites for hydroxylation is 1. The third-order valence-corrected chi connectivity index (χ3v) is 3.98. The molecule has 5 nitrogen and oxygen atoms in total. The predicted molar refractivity (Wildman–Crippen MR) is 102 cm³/mol. The number of benzene rings is 2. The lowest BCUT2D eigenvalue weighted by Crippen LogP contribution is -2.31. The van der Waals surface area contributed by atoms with Crippen molar-refractivity contribution in [1.82, 2.24) is 10.2 Å². The zero-order valence-electron chi connectivity index (χ0n) is 15.6. The van der Waals surface area contributed by atoms with Gasteiger partial charge in [0.2, 0.25) is 5.91 Å². The van der Waals surface area contributed by atoms with Gasteiger partial charge in [-0.25, -0.2) is 0 Å². The molecule has 0 atom stereocenters. The molecule has 0 bridgehead atoms. The van der Waals surface area contributed by atoms with Crippen LogP contribution in [0.1, 0.15) is 34.8 Å². The summed E-state index contributed by atoms with van der Waals surface area (Å²) in [7, 11) is 1.77. The Kier molecular flexibility index (Phi) is 7.21. The largest absolute Gasteiger partial charge is 0.494 e. The molecule has 26 heavy (non-hydrogen) atoms. The minimum Gasteiger partial charge on any atom is -0.494 e. The van der Waals surface area contributed by atoms with Crippen molar-refractivity contribution in [3.63, 3.8) is 0 Å². The summed E-state index contributed by atoms with van der Waals surface area (Å²) >= 11 is 0. The van der Waals surface area contributed by atoms with E-state index in [0.717, 1.165) is 16.9 Å². The molecule has 0 spiro atoms. The Bertz CT molecular complexity index is 741. The minimum atomic E-state index is -0.157. The fourth-order valence-corrected chi connectivity index (χ4v) is 2.58. The maximum atomic E-state index is 12.2. The molecule has 0 saturated carbocycles. The maximum Gasteiger partial charge on any atom is 0.251 e. The fourth-order valence-electron chi connectivity index (χ4n) is 2.58. The van der Waals surface area contributed by atoms with Gasteiger partial charge in [0.05, 0.1) is 6.61 Å². The van der Waals surface area contributed by atoms with E-state index in [1.165, 1.54) is 0 Å². The molecule has 0 saturated heterocycles. The molecule has 0 aliphatic rings. The zero-order valence-corrected chi connectivity index (χ0v) is 15.6. The first kappa shape index (κ1) is 19.5. The summed E-state index contributed by atoms with van der Waals surface area (Å²) in [5, 5.41) is 2.79. The van der Waals surface area contributed by atoms with Crippen molar-refractivity contribution in [3.8, 4) is 5.75 Å². The predicted octanol–water partition coefficient (Wildman–Crippen LogP) is 3.17. The molecule has 0 radical (unpaired) electrons. The molecular weight excluding hydrogens is 328 g/mol. The lowest BCUT2D eigenvalue weighted by Gasteiger charge is -2.17. The van der Waals surface area contributed by atoms with Crippen molar-refractivity contribution in [1.29, 1.82) is 0 Å². The van der Waals surface area contributed by atoms with Crippen molar-refractivity contribution < 1.29 is 14.3 Å². The summed E-state index contributed by atoms with van der Waals surface area (Å²) in [6.45, 7) is 5.36. The average Bonchev–Trinajstić information content (AvgIpc) is 2.63. The molecule has 0 fully saturated rings. The Balaban J connectivity index is 1.77. The summed E-state index contributed by atoms with van der Waals surface area (Å²) in [5.74, 6) is 0.656. The third kappa shape index (κ3) is 5.92. The Hall–Kier alpha value is -2.82. The van der Waals surface area contributed by atoms with Gasteiger partial charge in [-0.15, -0.1) is 0 Å². The van der Waals surface area contributed by atoms with E-state index in [1.54, 1.807) is 18.0 Å². The normalized spacial score (nSPS) is 10.3. The summed E-state index contributed by atoms with van der Waals surface area (Å²) in [6.07, 6.45) is 0.269. The number of ether oxygens (including phenoxy) is 1. The van der Waals surface area contributed by atoms with Crippen LogP contribution < -0.4 is 10.1 Å². The molecule has 2 aromatic carbocycles. The highest BCUT2D eigenvalue weighted by Gasteiger charge is 2.11. The van der Waals surface area contributed by atoms with Crippen molar-refractivity contribution in [2.75, 3.05) is 20.2 Å². The lowest BCUT2D eigenvalue weighted by atomic mass is 10.1. The molecule has 2 aromatic rings. The van der Waals surface area contributed by atoms with E-state index < -0.39 is 0 Å². The molecule has 2 amide bonds.